The Morgan fingerprint density at radius 2 is 1.93 bits per heavy atom. The largest absolute Gasteiger partial charge is 0.573 e. The molecule has 0 aromatic heterocycles. The van der Waals surface area contributed by atoms with Gasteiger partial charge in [-0.1, -0.05) is 0 Å². The lowest BCUT2D eigenvalue weighted by Gasteiger charge is -2.12. The zero-order chi connectivity index (χ0) is 10.9. The molecule has 1 aromatic carbocycles. The molecule has 0 saturated heterocycles. The van der Waals surface area contributed by atoms with Crippen LogP contribution in [0.25, 0.3) is 0 Å². The molecule has 0 saturated carbocycles. The predicted molar refractivity (Wildman–Crippen MR) is 50.0 cm³/mol. The van der Waals surface area contributed by atoms with Gasteiger partial charge in [-0.2, -0.15) is 0 Å². The highest BCUT2D eigenvalue weighted by Gasteiger charge is 2.31. The molecule has 14 heavy (non-hydrogen) atoms. The predicted octanol–water partition coefficient (Wildman–Crippen LogP) is 3.24. The van der Waals surface area contributed by atoms with Gasteiger partial charge in [0.05, 0.1) is 0 Å². The van der Waals surface area contributed by atoms with Crippen molar-refractivity contribution in [2.75, 3.05) is 5.73 Å². The Labute approximate surface area is 87.0 Å². The van der Waals surface area contributed by atoms with Crippen LogP contribution >= 0.6 is 15.9 Å². The zero-order valence-electron chi connectivity index (χ0n) is 7.15. The van der Waals surface area contributed by atoms with Crippen LogP contribution in [0.3, 0.4) is 0 Å². The van der Waals surface area contributed by atoms with Gasteiger partial charge in [-0.3, -0.25) is 0 Å². The van der Waals surface area contributed by atoms with Gasteiger partial charge < -0.3 is 10.5 Å². The average Bonchev–Trinajstić information content (AvgIpc) is 1.97. The van der Waals surface area contributed by atoms with Gasteiger partial charge in [0, 0.05) is 16.2 Å². The summed E-state index contributed by atoms with van der Waals surface area (Å²) in [6.07, 6.45) is -4.69. The normalized spacial score (nSPS) is 11.5. The second-order valence-electron chi connectivity index (χ2n) is 2.69. The van der Waals surface area contributed by atoms with Crippen molar-refractivity contribution in [3.63, 3.8) is 0 Å². The van der Waals surface area contributed by atoms with E-state index in [0.29, 0.717) is 10.0 Å². The van der Waals surface area contributed by atoms with Crippen LogP contribution in [0.1, 0.15) is 5.56 Å². The highest BCUT2D eigenvalue weighted by Crippen LogP contribution is 2.32. The standard InChI is InChI=1S/C8H7BrF3NO/c1-4-2-5(9)6(13)3-7(4)14-8(10,11)12/h2-3H,13H2,1H3. The first-order valence-electron chi connectivity index (χ1n) is 3.61. The van der Waals surface area contributed by atoms with Crippen LogP contribution in [0.4, 0.5) is 18.9 Å². The van der Waals surface area contributed by atoms with Gasteiger partial charge in [-0.05, 0) is 34.5 Å². The molecular formula is C8H7BrF3NO. The molecule has 78 valence electrons. The molecule has 0 radical (unpaired) electrons. The summed E-state index contributed by atoms with van der Waals surface area (Å²) in [6, 6.07) is 2.60. The van der Waals surface area contributed by atoms with Gasteiger partial charge in [-0.25, -0.2) is 0 Å². The Kier molecular flexibility index (Phi) is 2.94. The minimum Gasteiger partial charge on any atom is -0.405 e. The summed E-state index contributed by atoms with van der Waals surface area (Å²) in [5.41, 5.74) is 5.98. The number of aryl methyl sites for hydroxylation is 1. The minimum atomic E-state index is -4.69. The topological polar surface area (TPSA) is 35.2 Å². The van der Waals surface area contributed by atoms with E-state index in [-0.39, 0.29) is 11.4 Å². The van der Waals surface area contributed by atoms with Crippen molar-refractivity contribution in [1.29, 1.82) is 0 Å². The van der Waals surface area contributed by atoms with Gasteiger partial charge in [0.1, 0.15) is 5.75 Å². The summed E-state index contributed by atoms with van der Waals surface area (Å²) in [6.45, 7) is 1.51. The molecule has 2 N–H and O–H groups in total. The number of alkyl halides is 3. The van der Waals surface area contributed by atoms with Crippen LogP contribution < -0.4 is 10.5 Å². The summed E-state index contributed by atoms with van der Waals surface area (Å²) in [5.74, 6) is -0.279. The van der Waals surface area contributed by atoms with Crippen LogP contribution in [0.15, 0.2) is 16.6 Å². The fourth-order valence-corrected chi connectivity index (χ4v) is 1.36. The molecule has 0 aliphatic rings. The molecule has 0 fully saturated rings. The third-order valence-electron chi connectivity index (χ3n) is 1.52. The summed E-state index contributed by atoms with van der Waals surface area (Å²) >= 11 is 3.10. The van der Waals surface area contributed by atoms with Crippen LogP contribution in [-0.4, -0.2) is 6.36 Å². The molecule has 2 nitrogen and oxygen atoms in total. The Bertz CT molecular complexity index is 351. The third-order valence-corrected chi connectivity index (χ3v) is 2.21. The van der Waals surface area contributed by atoms with Crippen molar-refractivity contribution < 1.29 is 17.9 Å². The van der Waals surface area contributed by atoms with Crippen molar-refractivity contribution >= 4 is 21.6 Å². The highest BCUT2D eigenvalue weighted by atomic mass is 79.9. The molecule has 1 rings (SSSR count). The fourth-order valence-electron chi connectivity index (χ4n) is 0.903. The average molecular weight is 270 g/mol. The molecule has 6 heteroatoms. The number of hydrogen-bond donors (Lipinski definition) is 1. The maximum Gasteiger partial charge on any atom is 0.573 e. The second kappa shape index (κ2) is 3.68. The summed E-state index contributed by atoms with van der Waals surface area (Å²) in [4.78, 5) is 0. The van der Waals surface area contributed by atoms with Crippen molar-refractivity contribution in [2.24, 2.45) is 0 Å². The number of anilines is 1. The number of rotatable bonds is 1. The lowest BCUT2D eigenvalue weighted by atomic mass is 10.2. The minimum absolute atomic E-state index is 0.204. The number of nitrogen functional groups attached to an aromatic ring is 1. The second-order valence-corrected chi connectivity index (χ2v) is 3.54. The van der Waals surface area contributed by atoms with E-state index in [0.717, 1.165) is 6.07 Å². The van der Waals surface area contributed by atoms with E-state index in [4.69, 9.17) is 5.73 Å². The van der Waals surface area contributed by atoms with Crippen LogP contribution in [-0.2, 0) is 0 Å². The van der Waals surface area contributed by atoms with E-state index in [1.54, 1.807) is 0 Å². The van der Waals surface area contributed by atoms with E-state index in [1.165, 1.54) is 13.0 Å². The first-order chi connectivity index (χ1) is 6.29. The number of halogens is 4. The zero-order valence-corrected chi connectivity index (χ0v) is 8.74. The van der Waals surface area contributed by atoms with Crippen molar-refractivity contribution in [2.45, 2.75) is 13.3 Å². The van der Waals surface area contributed by atoms with Gasteiger partial charge in [0.25, 0.3) is 0 Å². The Morgan fingerprint density at radius 3 is 2.43 bits per heavy atom. The van der Waals surface area contributed by atoms with Gasteiger partial charge in [0.15, 0.2) is 0 Å². The molecule has 0 aliphatic carbocycles. The van der Waals surface area contributed by atoms with E-state index in [1.807, 2.05) is 0 Å². The quantitative estimate of drug-likeness (QED) is 0.795. The van der Waals surface area contributed by atoms with Crippen LogP contribution in [0.2, 0.25) is 0 Å². The van der Waals surface area contributed by atoms with Gasteiger partial charge >= 0.3 is 6.36 Å². The fraction of sp³-hybridized carbons (Fsp3) is 0.250. The van der Waals surface area contributed by atoms with Crippen LogP contribution in [0.5, 0.6) is 5.75 Å². The molecule has 0 unspecified atom stereocenters. The Balaban J connectivity index is 3.04. The molecule has 1 aromatic rings. The summed E-state index contributed by atoms with van der Waals surface area (Å²) < 4.78 is 39.9. The molecular weight excluding hydrogens is 263 g/mol. The van der Waals surface area contributed by atoms with E-state index in [9.17, 15) is 13.2 Å². The smallest absolute Gasteiger partial charge is 0.405 e. The number of ether oxygens (including phenoxy) is 1. The van der Waals surface area contributed by atoms with Crippen molar-refractivity contribution in [3.8, 4) is 5.75 Å². The first-order valence-corrected chi connectivity index (χ1v) is 4.40. The molecule has 0 spiro atoms. The molecule has 0 amide bonds. The lowest BCUT2D eigenvalue weighted by molar-refractivity contribution is -0.274. The van der Waals surface area contributed by atoms with Crippen molar-refractivity contribution in [1.82, 2.24) is 0 Å². The Morgan fingerprint density at radius 1 is 1.36 bits per heavy atom. The molecule has 0 heterocycles. The number of hydrogen-bond acceptors (Lipinski definition) is 2. The molecule has 0 aliphatic heterocycles. The summed E-state index contributed by atoms with van der Waals surface area (Å²) in [5, 5.41) is 0. The van der Waals surface area contributed by atoms with Crippen LogP contribution in [0, 0.1) is 6.92 Å². The summed E-state index contributed by atoms with van der Waals surface area (Å²) in [7, 11) is 0. The number of nitrogens with two attached hydrogens (primary N) is 1. The van der Waals surface area contributed by atoms with E-state index in [2.05, 4.69) is 20.7 Å². The maximum atomic E-state index is 11.9. The molecule has 0 atom stereocenters. The maximum absolute atomic E-state index is 11.9. The van der Waals surface area contributed by atoms with Crippen molar-refractivity contribution in [3.05, 3.63) is 22.2 Å². The third kappa shape index (κ3) is 2.80. The van der Waals surface area contributed by atoms with E-state index < -0.39 is 6.36 Å². The Hall–Kier alpha value is -0.910. The molecule has 0 bridgehead atoms. The van der Waals surface area contributed by atoms with Gasteiger partial charge in [0.2, 0.25) is 0 Å². The SMILES string of the molecule is Cc1cc(Br)c(N)cc1OC(F)(F)F. The first kappa shape index (κ1) is 11.2. The number of benzene rings is 1. The lowest BCUT2D eigenvalue weighted by Crippen LogP contribution is -2.17. The monoisotopic (exact) mass is 269 g/mol. The van der Waals surface area contributed by atoms with E-state index >= 15 is 0 Å². The highest BCUT2D eigenvalue weighted by molar-refractivity contribution is 9.10. The van der Waals surface area contributed by atoms with Gasteiger partial charge in [-0.15, -0.1) is 13.2 Å².